The van der Waals surface area contributed by atoms with Crippen LogP contribution in [0.15, 0.2) is 24.4 Å². The molecule has 1 aromatic heterocycles. The van der Waals surface area contributed by atoms with Crippen molar-refractivity contribution in [2.75, 3.05) is 11.1 Å². The number of nitrogens with zero attached hydrogens (tertiary/aromatic N) is 2. The first kappa shape index (κ1) is 13.7. The molecule has 3 rings (SSSR count). The summed E-state index contributed by atoms with van der Waals surface area (Å²) in [6, 6.07) is 6.09. The molecule has 0 atom stereocenters. The fraction of sp³-hybridized carbons (Fsp3) is 0.375. The van der Waals surface area contributed by atoms with Gasteiger partial charge < -0.3 is 11.1 Å². The zero-order valence-electron chi connectivity index (χ0n) is 12.2. The number of nitrogen functional groups attached to an aromatic ring is 1. The summed E-state index contributed by atoms with van der Waals surface area (Å²) in [6.45, 7) is 2.65. The summed E-state index contributed by atoms with van der Waals surface area (Å²) >= 11 is 0. The highest BCUT2D eigenvalue weighted by Gasteiger charge is 2.18. The smallest absolute Gasteiger partial charge is 0.278 e. The Bertz CT molecular complexity index is 675. The molecule has 5 nitrogen and oxygen atoms in total. The van der Waals surface area contributed by atoms with Crippen molar-refractivity contribution in [2.24, 2.45) is 0 Å². The van der Waals surface area contributed by atoms with Gasteiger partial charge in [0.2, 0.25) is 0 Å². The molecular weight excluding hydrogens is 264 g/mol. The monoisotopic (exact) mass is 284 g/mol. The van der Waals surface area contributed by atoms with Crippen molar-refractivity contribution in [2.45, 2.75) is 39.2 Å². The number of carbonyl (C=O) groups excluding carboxylic acids is 1. The minimum absolute atomic E-state index is 0.237. The number of anilines is 2. The van der Waals surface area contributed by atoms with Crippen molar-refractivity contribution >= 4 is 17.3 Å². The van der Waals surface area contributed by atoms with Gasteiger partial charge in [-0.25, -0.2) is 0 Å². The lowest BCUT2D eigenvalue weighted by Crippen LogP contribution is -2.17. The van der Waals surface area contributed by atoms with Crippen LogP contribution in [0.3, 0.4) is 0 Å². The number of hydrogen-bond acceptors (Lipinski definition) is 3. The van der Waals surface area contributed by atoms with E-state index in [2.05, 4.69) is 16.5 Å². The van der Waals surface area contributed by atoms with Gasteiger partial charge in [0.25, 0.3) is 5.91 Å². The van der Waals surface area contributed by atoms with E-state index < -0.39 is 0 Å². The third-order valence-electron chi connectivity index (χ3n) is 3.97. The molecular formula is C16H20N4O. The molecule has 21 heavy (non-hydrogen) atoms. The maximum atomic E-state index is 12.4. The van der Waals surface area contributed by atoms with E-state index in [-0.39, 0.29) is 5.91 Å². The van der Waals surface area contributed by atoms with Crippen LogP contribution in [-0.2, 0) is 19.4 Å². The van der Waals surface area contributed by atoms with Crippen molar-refractivity contribution in [1.82, 2.24) is 9.78 Å². The number of hydrogen-bond donors (Lipinski definition) is 2. The van der Waals surface area contributed by atoms with Crippen LogP contribution in [0.5, 0.6) is 0 Å². The molecule has 1 aliphatic rings. The molecule has 1 heterocycles. The van der Waals surface area contributed by atoms with Gasteiger partial charge in [0.1, 0.15) is 0 Å². The second-order valence-corrected chi connectivity index (χ2v) is 5.39. The number of benzene rings is 1. The van der Waals surface area contributed by atoms with E-state index in [1.165, 1.54) is 24.0 Å². The fourth-order valence-electron chi connectivity index (χ4n) is 2.86. The molecule has 1 aromatic carbocycles. The first-order valence-corrected chi connectivity index (χ1v) is 7.44. The molecule has 110 valence electrons. The Balaban J connectivity index is 1.86. The number of rotatable bonds is 3. The van der Waals surface area contributed by atoms with Crippen molar-refractivity contribution in [3.8, 4) is 0 Å². The number of aromatic nitrogens is 2. The van der Waals surface area contributed by atoms with E-state index >= 15 is 0 Å². The highest BCUT2D eigenvalue weighted by atomic mass is 16.2. The maximum absolute atomic E-state index is 12.4. The topological polar surface area (TPSA) is 72.9 Å². The van der Waals surface area contributed by atoms with E-state index in [1.54, 1.807) is 10.9 Å². The summed E-state index contributed by atoms with van der Waals surface area (Å²) in [4.78, 5) is 12.4. The molecule has 0 radical (unpaired) electrons. The zero-order chi connectivity index (χ0) is 14.8. The number of nitrogens with one attached hydrogen (secondary N) is 1. The number of amides is 1. The first-order chi connectivity index (χ1) is 10.2. The van der Waals surface area contributed by atoms with Gasteiger partial charge in [-0.15, -0.1) is 0 Å². The Labute approximate surface area is 124 Å². The van der Waals surface area contributed by atoms with Gasteiger partial charge in [-0.05, 0) is 49.8 Å². The zero-order valence-corrected chi connectivity index (χ0v) is 12.2. The van der Waals surface area contributed by atoms with Crippen LogP contribution in [0.2, 0.25) is 0 Å². The molecule has 3 N–H and O–H groups in total. The molecule has 0 saturated carbocycles. The lowest BCUT2D eigenvalue weighted by molar-refractivity contribution is 0.102. The third kappa shape index (κ3) is 2.63. The Hall–Kier alpha value is -2.30. The molecule has 0 unspecified atom stereocenters. The summed E-state index contributed by atoms with van der Waals surface area (Å²) < 4.78 is 1.67. The molecule has 2 aromatic rings. The van der Waals surface area contributed by atoms with Gasteiger partial charge in [-0.2, -0.15) is 5.10 Å². The number of aryl methyl sites for hydroxylation is 2. The molecule has 0 fully saturated rings. The average molecular weight is 284 g/mol. The normalized spacial score (nSPS) is 13.8. The van der Waals surface area contributed by atoms with Gasteiger partial charge in [0.05, 0.1) is 5.69 Å². The highest BCUT2D eigenvalue weighted by molar-refractivity contribution is 6.06. The van der Waals surface area contributed by atoms with Crippen LogP contribution < -0.4 is 11.1 Å². The van der Waals surface area contributed by atoms with Crippen LogP contribution in [-0.4, -0.2) is 15.7 Å². The summed E-state index contributed by atoms with van der Waals surface area (Å²) in [5, 5.41) is 7.19. The summed E-state index contributed by atoms with van der Waals surface area (Å²) in [7, 11) is 0. The van der Waals surface area contributed by atoms with E-state index in [0.29, 0.717) is 17.9 Å². The predicted octanol–water partition coefficient (Wildman–Crippen LogP) is 2.62. The van der Waals surface area contributed by atoms with Crippen molar-refractivity contribution in [3.05, 3.63) is 41.2 Å². The standard InChI is InChI=1S/C16H20N4O/c1-2-20-10-13(17)15(19-20)16(21)18-14-9-5-7-11-6-3-4-8-12(11)14/h5,7,9-10H,2-4,6,8,17H2,1H3,(H,18,21). The highest BCUT2D eigenvalue weighted by Crippen LogP contribution is 2.28. The molecule has 1 aliphatic carbocycles. The van der Waals surface area contributed by atoms with Crippen LogP contribution in [0.25, 0.3) is 0 Å². The van der Waals surface area contributed by atoms with Crippen molar-refractivity contribution < 1.29 is 4.79 Å². The Kier molecular flexibility index (Phi) is 3.64. The van der Waals surface area contributed by atoms with Gasteiger partial charge in [0, 0.05) is 18.4 Å². The lowest BCUT2D eigenvalue weighted by Gasteiger charge is -2.19. The summed E-state index contributed by atoms with van der Waals surface area (Å²) in [5.74, 6) is -0.237. The Morgan fingerprint density at radius 1 is 1.38 bits per heavy atom. The largest absolute Gasteiger partial charge is 0.396 e. The molecule has 0 bridgehead atoms. The molecule has 5 heteroatoms. The van der Waals surface area contributed by atoms with Gasteiger partial charge in [0.15, 0.2) is 5.69 Å². The van der Waals surface area contributed by atoms with E-state index in [4.69, 9.17) is 5.73 Å². The van der Waals surface area contributed by atoms with Crippen LogP contribution in [0.4, 0.5) is 11.4 Å². The predicted molar refractivity (Wildman–Crippen MR) is 83.4 cm³/mol. The maximum Gasteiger partial charge on any atom is 0.278 e. The van der Waals surface area contributed by atoms with Gasteiger partial charge in [-0.1, -0.05) is 12.1 Å². The van der Waals surface area contributed by atoms with Crippen molar-refractivity contribution in [1.29, 1.82) is 0 Å². The Morgan fingerprint density at radius 2 is 2.19 bits per heavy atom. The summed E-state index contributed by atoms with van der Waals surface area (Å²) in [6.07, 6.45) is 6.19. The van der Waals surface area contributed by atoms with E-state index in [0.717, 1.165) is 18.5 Å². The van der Waals surface area contributed by atoms with Gasteiger partial charge in [-0.3, -0.25) is 9.48 Å². The molecule has 0 spiro atoms. The number of carbonyl (C=O) groups is 1. The lowest BCUT2D eigenvalue weighted by atomic mass is 9.90. The van der Waals surface area contributed by atoms with Crippen LogP contribution >= 0.6 is 0 Å². The SMILES string of the molecule is CCn1cc(N)c(C(=O)Nc2cccc3c2CCCC3)n1. The van der Waals surface area contributed by atoms with Crippen LogP contribution in [0, 0.1) is 0 Å². The average Bonchev–Trinajstić information content (AvgIpc) is 2.89. The molecule has 0 aliphatic heterocycles. The molecule has 1 amide bonds. The number of nitrogens with two attached hydrogens (primary N) is 1. The fourth-order valence-corrected chi connectivity index (χ4v) is 2.86. The summed E-state index contributed by atoms with van der Waals surface area (Å²) in [5.41, 5.74) is 10.1. The first-order valence-electron chi connectivity index (χ1n) is 7.44. The second-order valence-electron chi connectivity index (χ2n) is 5.39. The third-order valence-corrected chi connectivity index (χ3v) is 3.97. The van der Waals surface area contributed by atoms with Crippen molar-refractivity contribution in [3.63, 3.8) is 0 Å². The Morgan fingerprint density at radius 3 is 2.95 bits per heavy atom. The minimum Gasteiger partial charge on any atom is -0.396 e. The molecule has 0 saturated heterocycles. The minimum atomic E-state index is -0.237. The number of fused-ring (bicyclic) bond motifs is 1. The second kappa shape index (κ2) is 5.60. The van der Waals surface area contributed by atoms with Crippen LogP contribution in [0.1, 0.15) is 41.4 Å². The van der Waals surface area contributed by atoms with E-state index in [9.17, 15) is 4.79 Å². The van der Waals surface area contributed by atoms with Gasteiger partial charge >= 0.3 is 0 Å². The van der Waals surface area contributed by atoms with E-state index in [1.807, 2.05) is 19.1 Å². The quantitative estimate of drug-likeness (QED) is 0.910.